The second-order valence-electron chi connectivity index (χ2n) is 7.80. The summed E-state index contributed by atoms with van der Waals surface area (Å²) >= 11 is 0. The lowest BCUT2D eigenvalue weighted by Crippen LogP contribution is -2.44. The van der Waals surface area contributed by atoms with E-state index in [0.717, 1.165) is 51.9 Å². The Morgan fingerprint density at radius 1 is 1.12 bits per heavy atom. The molecule has 2 aliphatic heterocycles. The molecular weight excluding hydrogens is 317 g/mol. The highest BCUT2D eigenvalue weighted by Gasteiger charge is 2.28. The Bertz CT molecular complexity index is 567. The second kappa shape index (κ2) is 8.28. The molecule has 3 rings (SSSR count). The first kappa shape index (κ1) is 18.3. The number of carbonyl (C=O) groups excluding carboxylic acids is 1. The largest absolute Gasteiger partial charge is 0.342 e. The lowest BCUT2D eigenvalue weighted by molar-refractivity contribution is -0.133. The third kappa shape index (κ3) is 5.02. The monoisotopic (exact) mass is 347 g/mol. The van der Waals surface area contributed by atoms with Gasteiger partial charge in [-0.25, -0.2) is 4.39 Å². The Hall–Kier alpha value is -1.46. The van der Waals surface area contributed by atoms with Gasteiger partial charge in [-0.3, -0.25) is 9.69 Å². The fraction of sp³-hybridized carbons (Fsp3) is 0.650. The topological polar surface area (TPSA) is 26.8 Å². The number of likely N-dealkylation sites (tertiary alicyclic amines) is 2. The maximum atomic E-state index is 13.0. The molecule has 2 fully saturated rings. The van der Waals surface area contributed by atoms with Crippen LogP contribution in [0.3, 0.4) is 0 Å². The van der Waals surface area contributed by atoms with Crippen LogP contribution in [-0.2, 0) is 11.2 Å². The fourth-order valence-electron chi connectivity index (χ4n) is 4.01. The smallest absolute Gasteiger partial charge is 0.236 e. The number of benzene rings is 1. The predicted octanol–water partition coefficient (Wildman–Crippen LogP) is 2.24. The van der Waals surface area contributed by atoms with E-state index in [1.54, 1.807) is 0 Å². The molecule has 5 heteroatoms. The number of halogens is 1. The summed E-state index contributed by atoms with van der Waals surface area (Å²) in [6, 6.07) is 7.40. The van der Waals surface area contributed by atoms with Crippen LogP contribution in [0.15, 0.2) is 24.3 Å². The highest BCUT2D eigenvalue weighted by Crippen LogP contribution is 2.22. The summed E-state index contributed by atoms with van der Waals surface area (Å²) in [5.41, 5.74) is 1.19. The number of amides is 1. The summed E-state index contributed by atoms with van der Waals surface area (Å²) in [5.74, 6) is 0.696. The number of likely N-dealkylation sites (N-methyl/N-ethyl adjacent to an activating group) is 1. The quantitative estimate of drug-likeness (QED) is 0.817. The lowest BCUT2D eigenvalue weighted by atomic mass is 9.90. The third-order valence-corrected chi connectivity index (χ3v) is 5.74. The van der Waals surface area contributed by atoms with E-state index in [1.807, 2.05) is 17.0 Å². The van der Waals surface area contributed by atoms with E-state index in [2.05, 4.69) is 23.9 Å². The zero-order valence-electron chi connectivity index (χ0n) is 15.5. The van der Waals surface area contributed by atoms with Crippen LogP contribution >= 0.6 is 0 Å². The Kier molecular flexibility index (Phi) is 6.07. The van der Waals surface area contributed by atoms with Crippen molar-refractivity contribution in [3.05, 3.63) is 35.6 Å². The average Bonchev–Trinajstić information content (AvgIpc) is 3.06. The molecule has 138 valence electrons. The maximum absolute atomic E-state index is 13.0. The highest BCUT2D eigenvalue weighted by atomic mass is 19.1. The summed E-state index contributed by atoms with van der Waals surface area (Å²) in [6.07, 6.45) is 4.23. The SMILES string of the molecule is CN(C)C1CCN(CC(=O)N2CCC(Cc3ccc(F)cc3)CC2)C1. The molecule has 1 unspecified atom stereocenters. The van der Waals surface area contributed by atoms with Gasteiger partial charge in [0.2, 0.25) is 5.91 Å². The summed E-state index contributed by atoms with van der Waals surface area (Å²) in [7, 11) is 4.23. The van der Waals surface area contributed by atoms with Crippen molar-refractivity contribution in [3.8, 4) is 0 Å². The summed E-state index contributed by atoms with van der Waals surface area (Å²) in [5, 5.41) is 0. The van der Waals surface area contributed by atoms with Crippen LogP contribution < -0.4 is 0 Å². The van der Waals surface area contributed by atoms with Crippen molar-refractivity contribution in [2.24, 2.45) is 5.92 Å². The number of hydrogen-bond acceptors (Lipinski definition) is 3. The summed E-state index contributed by atoms with van der Waals surface area (Å²) in [6.45, 7) is 4.30. The molecule has 2 aliphatic rings. The van der Waals surface area contributed by atoms with Gasteiger partial charge in [0.15, 0.2) is 0 Å². The van der Waals surface area contributed by atoms with Crippen LogP contribution in [-0.4, -0.2) is 73.5 Å². The van der Waals surface area contributed by atoms with Crippen LogP contribution in [0.1, 0.15) is 24.8 Å². The van der Waals surface area contributed by atoms with E-state index < -0.39 is 0 Å². The number of piperidine rings is 1. The molecule has 1 aromatic carbocycles. The highest BCUT2D eigenvalue weighted by molar-refractivity contribution is 5.78. The second-order valence-corrected chi connectivity index (χ2v) is 7.80. The standard InChI is InChI=1S/C20H30FN3O/c1-22(2)19-9-10-23(14-19)15-20(25)24-11-7-17(8-12-24)13-16-3-5-18(21)6-4-16/h3-6,17,19H,7-15H2,1-2H3. The predicted molar refractivity (Wildman–Crippen MR) is 97.9 cm³/mol. The number of carbonyl (C=O) groups is 1. The zero-order chi connectivity index (χ0) is 17.8. The van der Waals surface area contributed by atoms with Gasteiger partial charge in [-0.15, -0.1) is 0 Å². The van der Waals surface area contributed by atoms with Gasteiger partial charge in [-0.2, -0.15) is 0 Å². The molecule has 0 spiro atoms. The van der Waals surface area contributed by atoms with Crippen molar-refractivity contribution in [2.45, 2.75) is 31.7 Å². The first-order chi connectivity index (χ1) is 12.0. The van der Waals surface area contributed by atoms with Gasteiger partial charge in [0.25, 0.3) is 0 Å². The fourth-order valence-corrected chi connectivity index (χ4v) is 4.01. The zero-order valence-corrected chi connectivity index (χ0v) is 15.5. The van der Waals surface area contributed by atoms with E-state index in [1.165, 1.54) is 17.7 Å². The van der Waals surface area contributed by atoms with Crippen molar-refractivity contribution in [3.63, 3.8) is 0 Å². The average molecular weight is 347 g/mol. The molecule has 0 aromatic heterocycles. The Morgan fingerprint density at radius 3 is 2.40 bits per heavy atom. The minimum absolute atomic E-state index is 0.178. The van der Waals surface area contributed by atoms with Crippen LogP contribution in [0.25, 0.3) is 0 Å². The van der Waals surface area contributed by atoms with Crippen LogP contribution in [0, 0.1) is 11.7 Å². The minimum atomic E-state index is -0.178. The van der Waals surface area contributed by atoms with Gasteiger partial charge in [0, 0.05) is 32.2 Å². The molecular formula is C20H30FN3O. The lowest BCUT2D eigenvalue weighted by Gasteiger charge is -2.33. The molecule has 2 saturated heterocycles. The van der Waals surface area contributed by atoms with E-state index in [4.69, 9.17) is 0 Å². The van der Waals surface area contributed by atoms with E-state index in [9.17, 15) is 9.18 Å². The molecule has 0 radical (unpaired) electrons. The van der Waals surface area contributed by atoms with Gasteiger partial charge < -0.3 is 9.80 Å². The summed E-state index contributed by atoms with van der Waals surface area (Å²) < 4.78 is 13.0. The molecule has 2 heterocycles. The molecule has 0 N–H and O–H groups in total. The van der Waals surface area contributed by atoms with Crippen LogP contribution in [0.4, 0.5) is 4.39 Å². The van der Waals surface area contributed by atoms with Gasteiger partial charge in [0.05, 0.1) is 6.54 Å². The van der Waals surface area contributed by atoms with Gasteiger partial charge >= 0.3 is 0 Å². The number of rotatable bonds is 5. The maximum Gasteiger partial charge on any atom is 0.236 e. The molecule has 1 amide bonds. The third-order valence-electron chi connectivity index (χ3n) is 5.74. The van der Waals surface area contributed by atoms with E-state index in [0.29, 0.717) is 18.5 Å². The Balaban J connectivity index is 1.41. The van der Waals surface area contributed by atoms with E-state index in [-0.39, 0.29) is 11.7 Å². The normalized spacial score (nSPS) is 22.7. The molecule has 1 aromatic rings. The van der Waals surface area contributed by atoms with Crippen LogP contribution in [0.5, 0.6) is 0 Å². The molecule has 0 saturated carbocycles. The Morgan fingerprint density at radius 2 is 1.80 bits per heavy atom. The van der Waals surface area contributed by atoms with Crippen molar-refractivity contribution < 1.29 is 9.18 Å². The van der Waals surface area contributed by atoms with Gasteiger partial charge in [0.1, 0.15) is 5.82 Å². The van der Waals surface area contributed by atoms with E-state index >= 15 is 0 Å². The number of hydrogen-bond donors (Lipinski definition) is 0. The minimum Gasteiger partial charge on any atom is -0.342 e. The van der Waals surface area contributed by atoms with Crippen molar-refractivity contribution in [1.82, 2.24) is 14.7 Å². The van der Waals surface area contributed by atoms with Crippen LogP contribution in [0.2, 0.25) is 0 Å². The molecule has 0 aliphatic carbocycles. The first-order valence-corrected chi connectivity index (χ1v) is 9.42. The molecule has 25 heavy (non-hydrogen) atoms. The summed E-state index contributed by atoms with van der Waals surface area (Å²) in [4.78, 5) is 19.1. The van der Waals surface area contributed by atoms with Crippen molar-refractivity contribution in [1.29, 1.82) is 0 Å². The van der Waals surface area contributed by atoms with Crippen molar-refractivity contribution >= 4 is 5.91 Å². The van der Waals surface area contributed by atoms with Gasteiger partial charge in [-0.05, 0) is 63.4 Å². The first-order valence-electron chi connectivity index (χ1n) is 9.42. The van der Waals surface area contributed by atoms with Crippen molar-refractivity contribution in [2.75, 3.05) is 46.8 Å². The van der Waals surface area contributed by atoms with Gasteiger partial charge in [-0.1, -0.05) is 12.1 Å². The molecule has 0 bridgehead atoms. The number of nitrogens with zero attached hydrogens (tertiary/aromatic N) is 3. The Labute approximate surface area is 150 Å². The molecule has 1 atom stereocenters. The molecule has 4 nitrogen and oxygen atoms in total.